The molecule has 0 rings (SSSR count). The quantitative estimate of drug-likeness (QED) is 0.560. The fourth-order valence-electron chi connectivity index (χ4n) is 0.498. The van der Waals surface area contributed by atoms with Crippen molar-refractivity contribution < 1.29 is 9.59 Å². The summed E-state index contributed by atoms with van der Waals surface area (Å²) in [4.78, 5) is 21.9. The Morgan fingerprint density at radius 3 is 2.36 bits per heavy atom. The number of carbonyl (C=O) groups is 2. The summed E-state index contributed by atoms with van der Waals surface area (Å²) in [7, 11) is 0. The summed E-state index contributed by atoms with van der Waals surface area (Å²) in [6, 6.07) is 0. The van der Waals surface area contributed by atoms with Gasteiger partial charge in [0.1, 0.15) is 0 Å². The molecule has 0 aliphatic carbocycles. The summed E-state index contributed by atoms with van der Waals surface area (Å²) in [5, 5.41) is 2.23. The second kappa shape index (κ2) is 5.22. The normalized spacial score (nSPS) is 8.00. The van der Waals surface area contributed by atoms with Gasteiger partial charge in [-0.2, -0.15) is 0 Å². The highest BCUT2D eigenvalue weighted by atomic mass is 16.2. The third-order valence-corrected chi connectivity index (χ3v) is 1.02. The van der Waals surface area contributed by atoms with Gasteiger partial charge in [0.15, 0.2) is 0 Å². The van der Waals surface area contributed by atoms with Crippen molar-refractivity contribution in [2.24, 2.45) is 0 Å². The van der Waals surface area contributed by atoms with E-state index in [-0.39, 0.29) is 12.5 Å². The van der Waals surface area contributed by atoms with Gasteiger partial charge in [0.25, 0.3) is 0 Å². The molecule has 0 saturated heterocycles. The molecule has 4 nitrogen and oxygen atoms in total. The maximum absolute atomic E-state index is 10.9. The molecule has 0 aliphatic rings. The van der Waals surface area contributed by atoms with E-state index >= 15 is 0 Å². The molecule has 0 atom stereocenters. The van der Waals surface area contributed by atoms with Crippen LogP contribution in [0.15, 0.2) is 25.6 Å². The summed E-state index contributed by atoms with van der Waals surface area (Å²) in [6.45, 7) is 6.72. The number of hydrogen-bond donors (Lipinski definition) is 1. The van der Waals surface area contributed by atoms with Gasteiger partial charge in [-0.1, -0.05) is 13.2 Å². The van der Waals surface area contributed by atoms with Crippen LogP contribution in [0.4, 0.5) is 0 Å². The van der Waals surface area contributed by atoms with E-state index in [2.05, 4.69) is 18.5 Å². The molecule has 0 spiro atoms. The molecule has 0 heterocycles. The van der Waals surface area contributed by atoms with Crippen molar-refractivity contribution >= 4 is 12.3 Å². The first-order valence-electron chi connectivity index (χ1n) is 2.99. The molecule has 0 aromatic heterocycles. The van der Waals surface area contributed by atoms with Gasteiger partial charge in [-0.05, 0) is 0 Å². The first-order valence-corrected chi connectivity index (χ1v) is 2.99. The van der Waals surface area contributed by atoms with Crippen molar-refractivity contribution in [1.82, 2.24) is 10.2 Å². The lowest BCUT2D eigenvalue weighted by atomic mass is 10.5. The van der Waals surface area contributed by atoms with Crippen LogP contribution in [0.25, 0.3) is 0 Å². The Hall–Kier alpha value is -1.58. The van der Waals surface area contributed by atoms with Gasteiger partial charge in [0.2, 0.25) is 12.3 Å². The summed E-state index contributed by atoms with van der Waals surface area (Å²) in [6.07, 6.45) is 3.10. The predicted molar refractivity (Wildman–Crippen MR) is 41.3 cm³/mol. The van der Waals surface area contributed by atoms with Gasteiger partial charge >= 0.3 is 0 Å². The van der Waals surface area contributed by atoms with Crippen LogP contribution in [0.3, 0.4) is 0 Å². The summed E-state index contributed by atoms with van der Waals surface area (Å²) in [5.41, 5.74) is 0. The van der Waals surface area contributed by atoms with Crippen LogP contribution < -0.4 is 5.32 Å². The van der Waals surface area contributed by atoms with Crippen LogP contribution in [-0.2, 0) is 9.59 Å². The van der Waals surface area contributed by atoms with Crippen molar-refractivity contribution in [3.63, 3.8) is 0 Å². The SMILES string of the molecule is C=CN(C=C)C(=O)CNC=O. The van der Waals surface area contributed by atoms with E-state index in [1.807, 2.05) is 0 Å². The van der Waals surface area contributed by atoms with Crippen LogP contribution in [0, 0.1) is 0 Å². The largest absolute Gasteiger partial charge is 0.350 e. The van der Waals surface area contributed by atoms with Crippen molar-refractivity contribution in [2.75, 3.05) is 6.54 Å². The highest BCUT2D eigenvalue weighted by Gasteiger charge is 2.03. The monoisotopic (exact) mass is 154 g/mol. The number of rotatable bonds is 5. The Balaban J connectivity index is 3.88. The summed E-state index contributed by atoms with van der Waals surface area (Å²) in [5.74, 6) is -0.276. The average molecular weight is 154 g/mol. The molecule has 0 bridgehead atoms. The van der Waals surface area contributed by atoms with E-state index in [4.69, 9.17) is 0 Å². The second-order valence-corrected chi connectivity index (χ2v) is 1.66. The second-order valence-electron chi connectivity index (χ2n) is 1.66. The fourth-order valence-corrected chi connectivity index (χ4v) is 0.498. The molecule has 0 aliphatic heterocycles. The first-order chi connectivity index (χ1) is 5.26. The van der Waals surface area contributed by atoms with Gasteiger partial charge in [0, 0.05) is 12.4 Å². The van der Waals surface area contributed by atoms with Gasteiger partial charge in [0.05, 0.1) is 6.54 Å². The lowest BCUT2D eigenvalue weighted by Crippen LogP contribution is -2.30. The Kier molecular flexibility index (Phi) is 4.47. The Morgan fingerprint density at radius 1 is 1.45 bits per heavy atom. The predicted octanol–water partition coefficient (Wildman–Crippen LogP) is -0.152. The fraction of sp³-hybridized carbons (Fsp3) is 0.143. The number of hydrogen-bond acceptors (Lipinski definition) is 2. The smallest absolute Gasteiger partial charge is 0.249 e. The zero-order chi connectivity index (χ0) is 8.69. The number of carbonyl (C=O) groups excluding carboxylic acids is 2. The van der Waals surface area contributed by atoms with Crippen LogP contribution in [0.1, 0.15) is 0 Å². The zero-order valence-corrected chi connectivity index (χ0v) is 6.12. The van der Waals surface area contributed by atoms with E-state index in [1.165, 1.54) is 17.3 Å². The minimum Gasteiger partial charge on any atom is -0.350 e. The number of nitrogens with one attached hydrogen (secondary N) is 1. The lowest BCUT2D eigenvalue weighted by molar-refractivity contribution is -0.126. The molecule has 2 amide bonds. The molecule has 4 heteroatoms. The van der Waals surface area contributed by atoms with Crippen molar-refractivity contribution in [1.29, 1.82) is 0 Å². The minimum atomic E-state index is -0.276. The molecule has 0 aromatic carbocycles. The van der Waals surface area contributed by atoms with Crippen LogP contribution >= 0.6 is 0 Å². The molecule has 11 heavy (non-hydrogen) atoms. The minimum absolute atomic E-state index is 0.0401. The van der Waals surface area contributed by atoms with E-state index in [9.17, 15) is 9.59 Å². The highest BCUT2D eigenvalue weighted by molar-refractivity contribution is 5.81. The first kappa shape index (κ1) is 9.42. The molecule has 0 fully saturated rings. The molecule has 0 saturated carbocycles. The molecule has 1 N–H and O–H groups in total. The molecule has 0 unspecified atom stereocenters. The maximum atomic E-state index is 10.9. The molecular weight excluding hydrogens is 144 g/mol. The van der Waals surface area contributed by atoms with Crippen LogP contribution in [0.5, 0.6) is 0 Å². The Morgan fingerprint density at radius 2 is 2.00 bits per heavy atom. The topological polar surface area (TPSA) is 49.4 Å². The highest BCUT2D eigenvalue weighted by Crippen LogP contribution is 1.88. The van der Waals surface area contributed by atoms with Gasteiger partial charge in [-0.15, -0.1) is 0 Å². The average Bonchev–Trinajstić information content (AvgIpc) is 2.03. The standard InChI is InChI=1S/C7H10N2O2/c1-3-9(4-2)7(11)5-8-6-10/h3-4,6H,1-2,5H2,(H,8,10). The van der Waals surface area contributed by atoms with E-state index in [0.29, 0.717) is 6.41 Å². The molecule has 0 aromatic rings. The number of amides is 2. The summed E-state index contributed by atoms with van der Waals surface area (Å²) >= 11 is 0. The molecule has 0 radical (unpaired) electrons. The van der Waals surface area contributed by atoms with Crippen LogP contribution in [0.2, 0.25) is 0 Å². The zero-order valence-electron chi connectivity index (χ0n) is 6.12. The Bertz CT molecular complexity index is 169. The Labute approximate surface area is 65.2 Å². The van der Waals surface area contributed by atoms with Crippen molar-refractivity contribution in [2.45, 2.75) is 0 Å². The van der Waals surface area contributed by atoms with Crippen molar-refractivity contribution in [3.8, 4) is 0 Å². The lowest BCUT2D eigenvalue weighted by Gasteiger charge is -2.10. The maximum Gasteiger partial charge on any atom is 0.249 e. The van der Waals surface area contributed by atoms with Gasteiger partial charge in [-0.3, -0.25) is 14.5 Å². The molecular formula is C7H10N2O2. The third kappa shape index (κ3) is 3.20. The molecule has 60 valence electrons. The van der Waals surface area contributed by atoms with Crippen molar-refractivity contribution in [3.05, 3.63) is 25.6 Å². The van der Waals surface area contributed by atoms with E-state index < -0.39 is 0 Å². The summed E-state index contributed by atoms with van der Waals surface area (Å²) < 4.78 is 0. The van der Waals surface area contributed by atoms with Gasteiger partial charge in [-0.25, -0.2) is 0 Å². The van der Waals surface area contributed by atoms with E-state index in [0.717, 1.165) is 0 Å². The third-order valence-electron chi connectivity index (χ3n) is 1.02. The van der Waals surface area contributed by atoms with E-state index in [1.54, 1.807) is 0 Å². The number of nitrogens with zero attached hydrogens (tertiary/aromatic N) is 1. The van der Waals surface area contributed by atoms with Gasteiger partial charge < -0.3 is 5.32 Å². The van der Waals surface area contributed by atoms with Crippen LogP contribution in [-0.4, -0.2) is 23.8 Å².